The van der Waals surface area contributed by atoms with Crippen molar-refractivity contribution in [3.8, 4) is 11.3 Å². The van der Waals surface area contributed by atoms with Gasteiger partial charge in [-0.15, -0.1) is 0 Å². The molecule has 42 heavy (non-hydrogen) atoms. The molecule has 1 saturated carbocycles. The van der Waals surface area contributed by atoms with Crippen molar-refractivity contribution in [3.05, 3.63) is 65.4 Å². The van der Waals surface area contributed by atoms with Gasteiger partial charge in [-0.3, -0.25) is 15.0 Å². The van der Waals surface area contributed by atoms with Crippen LogP contribution in [-0.4, -0.2) is 68.7 Å². The number of aryl methyl sites for hydroxylation is 3. The van der Waals surface area contributed by atoms with E-state index in [1.54, 1.807) is 23.1 Å². The van der Waals surface area contributed by atoms with Crippen molar-refractivity contribution in [2.75, 3.05) is 31.1 Å². The zero-order chi connectivity index (χ0) is 29.1. The van der Waals surface area contributed by atoms with E-state index in [1.807, 2.05) is 24.0 Å². The van der Waals surface area contributed by atoms with Gasteiger partial charge in [0.1, 0.15) is 5.49 Å². The largest absolute Gasteiger partial charge is 0.353 e. The monoisotopic (exact) mass is 568 g/mol. The second kappa shape index (κ2) is 12.0. The topological polar surface area (TPSA) is 120 Å². The van der Waals surface area contributed by atoms with E-state index in [4.69, 9.17) is 10.5 Å². The van der Waals surface area contributed by atoms with E-state index in [9.17, 15) is 9.59 Å². The average Bonchev–Trinajstić information content (AvgIpc) is 3.40. The normalized spacial score (nSPS) is 21.5. The summed E-state index contributed by atoms with van der Waals surface area (Å²) in [7, 11) is 0. The standard InChI is InChI=1S/C32H40N8O2/c1-32(30(42)38-17-19-39(20-18-38)31-34-14-6-15-35-31)13-12-25(22-32)36-28(41)9-4-5-16-40-27(33)21-24-11-10-23-7-2-3-8-26(23)29(24)37-40/h2-3,6-8,14-15,21,25,33H,4-5,9-13,16-20,22H2,1H3,(H,36,41)/t25-,32+/m0/s1. The van der Waals surface area contributed by atoms with Gasteiger partial charge in [-0.2, -0.15) is 5.10 Å². The summed E-state index contributed by atoms with van der Waals surface area (Å²) in [5, 5.41) is 16.5. The molecule has 1 aromatic carbocycles. The van der Waals surface area contributed by atoms with Crippen LogP contribution in [0.4, 0.5) is 5.95 Å². The van der Waals surface area contributed by atoms with Gasteiger partial charge < -0.3 is 15.1 Å². The zero-order valence-electron chi connectivity index (χ0n) is 24.4. The molecule has 0 spiro atoms. The maximum absolute atomic E-state index is 13.5. The van der Waals surface area contributed by atoms with E-state index in [2.05, 4.69) is 38.4 Å². The Bertz CT molecular complexity index is 1500. The van der Waals surface area contributed by atoms with E-state index in [0.717, 1.165) is 68.4 Å². The zero-order valence-corrected chi connectivity index (χ0v) is 24.4. The molecule has 6 rings (SSSR count). The predicted octanol–water partition coefficient (Wildman–Crippen LogP) is 3.11. The highest BCUT2D eigenvalue weighted by Crippen LogP contribution is 2.40. The van der Waals surface area contributed by atoms with Gasteiger partial charge >= 0.3 is 0 Å². The highest BCUT2D eigenvalue weighted by molar-refractivity contribution is 5.83. The number of amides is 2. The number of unbranched alkanes of at least 4 members (excludes halogenated alkanes) is 1. The molecule has 3 aliphatic rings. The molecule has 3 aromatic rings. The van der Waals surface area contributed by atoms with Crippen LogP contribution in [0.1, 0.15) is 56.6 Å². The molecule has 0 radical (unpaired) electrons. The molecule has 2 atom stereocenters. The van der Waals surface area contributed by atoms with Crippen LogP contribution in [0.15, 0.2) is 48.8 Å². The Kier molecular flexibility index (Phi) is 8.04. The lowest BCUT2D eigenvalue weighted by atomic mass is 9.86. The number of carbonyl (C=O) groups is 2. The minimum Gasteiger partial charge on any atom is -0.353 e. The third-order valence-electron chi connectivity index (χ3n) is 9.10. The van der Waals surface area contributed by atoms with Gasteiger partial charge in [-0.1, -0.05) is 31.2 Å². The number of anilines is 1. The highest BCUT2D eigenvalue weighted by atomic mass is 16.2. The number of piperazine rings is 1. The molecular formula is C32H40N8O2. The minimum absolute atomic E-state index is 0.0297. The molecule has 1 aliphatic heterocycles. The van der Waals surface area contributed by atoms with E-state index in [1.165, 1.54) is 5.56 Å². The molecular weight excluding hydrogens is 528 g/mol. The summed E-state index contributed by atoms with van der Waals surface area (Å²) in [4.78, 5) is 39.0. The molecule has 2 N–H and O–H groups in total. The first kappa shape index (κ1) is 28.1. The molecule has 10 nitrogen and oxygen atoms in total. The number of hydrogen-bond acceptors (Lipinski definition) is 7. The molecule has 220 valence electrons. The van der Waals surface area contributed by atoms with Crippen molar-refractivity contribution >= 4 is 17.8 Å². The van der Waals surface area contributed by atoms with E-state index in [-0.39, 0.29) is 17.9 Å². The Morgan fingerprint density at radius 3 is 2.60 bits per heavy atom. The fourth-order valence-corrected chi connectivity index (χ4v) is 6.72. The summed E-state index contributed by atoms with van der Waals surface area (Å²) in [6.07, 6.45) is 9.61. The Hall–Kier alpha value is -4.08. The predicted molar refractivity (Wildman–Crippen MR) is 159 cm³/mol. The summed E-state index contributed by atoms with van der Waals surface area (Å²) in [6.45, 7) is 5.43. The lowest BCUT2D eigenvalue weighted by Gasteiger charge is -2.38. The summed E-state index contributed by atoms with van der Waals surface area (Å²) in [6, 6.07) is 12.2. The first-order chi connectivity index (χ1) is 20.4. The summed E-state index contributed by atoms with van der Waals surface area (Å²) in [5.41, 5.74) is 4.57. The van der Waals surface area contributed by atoms with Gasteiger partial charge in [0.25, 0.3) is 0 Å². The minimum atomic E-state index is -0.443. The van der Waals surface area contributed by atoms with Crippen LogP contribution in [0.5, 0.6) is 0 Å². The number of benzene rings is 1. The first-order valence-corrected chi connectivity index (χ1v) is 15.2. The molecule has 1 saturated heterocycles. The van der Waals surface area contributed by atoms with Gasteiger partial charge in [0.2, 0.25) is 17.8 Å². The van der Waals surface area contributed by atoms with E-state index >= 15 is 0 Å². The highest BCUT2D eigenvalue weighted by Gasteiger charge is 2.44. The molecule has 10 heteroatoms. The van der Waals surface area contributed by atoms with Crippen LogP contribution in [0.3, 0.4) is 0 Å². The lowest BCUT2D eigenvalue weighted by Crippen LogP contribution is -2.53. The first-order valence-electron chi connectivity index (χ1n) is 15.2. The number of rotatable bonds is 8. The van der Waals surface area contributed by atoms with Gasteiger partial charge in [0.15, 0.2) is 0 Å². The van der Waals surface area contributed by atoms with Gasteiger partial charge in [-0.05, 0) is 68.2 Å². The van der Waals surface area contributed by atoms with Crippen LogP contribution >= 0.6 is 0 Å². The second-order valence-electron chi connectivity index (χ2n) is 12.1. The molecule has 2 fully saturated rings. The van der Waals surface area contributed by atoms with Crippen LogP contribution in [0.25, 0.3) is 11.3 Å². The third-order valence-corrected chi connectivity index (χ3v) is 9.10. The van der Waals surface area contributed by atoms with Crippen molar-refractivity contribution in [2.24, 2.45) is 5.41 Å². The van der Waals surface area contributed by atoms with Crippen molar-refractivity contribution < 1.29 is 9.59 Å². The summed E-state index contributed by atoms with van der Waals surface area (Å²) in [5.74, 6) is 0.941. The fourth-order valence-electron chi connectivity index (χ4n) is 6.72. The van der Waals surface area contributed by atoms with Crippen LogP contribution in [-0.2, 0) is 29.0 Å². The van der Waals surface area contributed by atoms with Crippen molar-refractivity contribution in [2.45, 2.75) is 70.9 Å². The molecule has 2 aliphatic carbocycles. The van der Waals surface area contributed by atoms with Crippen LogP contribution < -0.4 is 15.7 Å². The molecule has 0 unspecified atom stereocenters. The van der Waals surface area contributed by atoms with E-state index in [0.29, 0.717) is 43.9 Å². The number of hydrogen-bond donors (Lipinski definition) is 2. The van der Waals surface area contributed by atoms with Crippen molar-refractivity contribution in [1.82, 2.24) is 30.0 Å². The Morgan fingerprint density at radius 1 is 1.02 bits per heavy atom. The molecule has 2 amide bonds. The molecule has 3 heterocycles. The lowest BCUT2D eigenvalue weighted by molar-refractivity contribution is -0.141. The molecule has 2 aromatic heterocycles. The Labute approximate surface area is 246 Å². The van der Waals surface area contributed by atoms with Crippen molar-refractivity contribution in [3.63, 3.8) is 0 Å². The van der Waals surface area contributed by atoms with Gasteiger partial charge in [-0.25, -0.2) is 14.6 Å². The maximum atomic E-state index is 13.5. The Morgan fingerprint density at radius 2 is 1.79 bits per heavy atom. The number of fused-ring (bicyclic) bond motifs is 3. The average molecular weight is 569 g/mol. The summed E-state index contributed by atoms with van der Waals surface area (Å²) >= 11 is 0. The van der Waals surface area contributed by atoms with Crippen molar-refractivity contribution in [1.29, 1.82) is 5.41 Å². The summed E-state index contributed by atoms with van der Waals surface area (Å²) < 4.78 is 1.76. The second-order valence-corrected chi connectivity index (χ2v) is 12.1. The quantitative estimate of drug-likeness (QED) is 0.403. The number of nitrogens with one attached hydrogen (secondary N) is 2. The maximum Gasteiger partial charge on any atom is 0.228 e. The number of aromatic nitrogens is 4. The fraction of sp³-hybridized carbons (Fsp3) is 0.500. The molecule has 0 bridgehead atoms. The van der Waals surface area contributed by atoms with Crippen LogP contribution in [0, 0.1) is 10.8 Å². The number of nitrogens with zero attached hydrogens (tertiary/aromatic N) is 6. The third kappa shape index (κ3) is 5.93. The van der Waals surface area contributed by atoms with Gasteiger partial charge in [0, 0.05) is 68.6 Å². The SMILES string of the molecule is C[C@@]1(C(=O)N2CCN(c3ncccn3)CC2)CC[C@H](NC(=O)CCCCn2nc3c(cc2=N)CCc2ccccc2-3)C1. The smallest absolute Gasteiger partial charge is 0.228 e. The number of carbonyl (C=O) groups excluding carboxylic acids is 2. The van der Waals surface area contributed by atoms with E-state index < -0.39 is 5.41 Å². The van der Waals surface area contributed by atoms with Crippen LogP contribution in [0.2, 0.25) is 0 Å². The Balaban J connectivity index is 0.948. The van der Waals surface area contributed by atoms with Gasteiger partial charge in [0.05, 0.1) is 5.69 Å².